The first-order valence-electron chi connectivity index (χ1n) is 7.59. The first-order chi connectivity index (χ1) is 11.8. The maximum absolute atomic E-state index is 13.3. The molecule has 0 spiro atoms. The van der Waals surface area contributed by atoms with Crippen molar-refractivity contribution < 1.29 is 27.6 Å². The Morgan fingerprint density at radius 3 is 2.52 bits per heavy atom. The molecule has 128 valence electrons. The molecule has 1 unspecified atom stereocenters. The van der Waals surface area contributed by atoms with E-state index in [0.717, 1.165) is 6.07 Å². The van der Waals surface area contributed by atoms with Gasteiger partial charge in [-0.25, -0.2) is 0 Å². The fraction of sp³-hybridized carbons (Fsp3) is 0.235. The topological polar surface area (TPSA) is 66.5 Å². The first-order valence-corrected chi connectivity index (χ1v) is 7.59. The molecule has 5 nitrogen and oxygen atoms in total. The van der Waals surface area contributed by atoms with Gasteiger partial charge in [-0.2, -0.15) is 13.2 Å². The molecule has 4 rings (SSSR count). The molecule has 2 aromatic rings. The predicted molar refractivity (Wildman–Crippen MR) is 81.9 cm³/mol. The van der Waals surface area contributed by atoms with Crippen molar-refractivity contribution in [2.75, 3.05) is 4.90 Å². The van der Waals surface area contributed by atoms with Crippen molar-refractivity contribution in [3.8, 4) is 0 Å². The van der Waals surface area contributed by atoms with Crippen LogP contribution in [-0.4, -0.2) is 23.8 Å². The van der Waals surface area contributed by atoms with E-state index in [1.165, 1.54) is 29.2 Å². The summed E-state index contributed by atoms with van der Waals surface area (Å²) in [6.07, 6.45) is -4.35. The minimum atomic E-state index is -4.55. The number of hydrogen-bond donors (Lipinski definition) is 1. The lowest BCUT2D eigenvalue weighted by Gasteiger charge is -2.30. The Bertz CT molecular complexity index is 952. The lowest BCUT2D eigenvalue weighted by atomic mass is 10.00. The van der Waals surface area contributed by atoms with Gasteiger partial charge in [-0.1, -0.05) is 12.1 Å². The summed E-state index contributed by atoms with van der Waals surface area (Å²) in [7, 11) is 0. The third kappa shape index (κ3) is 2.20. The van der Waals surface area contributed by atoms with Gasteiger partial charge in [0.15, 0.2) is 0 Å². The lowest BCUT2D eigenvalue weighted by molar-refractivity contribution is -0.136. The molecule has 1 fully saturated rings. The van der Waals surface area contributed by atoms with Crippen molar-refractivity contribution in [1.29, 1.82) is 0 Å². The maximum atomic E-state index is 13.3. The number of piperidine rings is 1. The van der Waals surface area contributed by atoms with Crippen LogP contribution in [0.1, 0.15) is 28.8 Å². The van der Waals surface area contributed by atoms with E-state index in [2.05, 4.69) is 5.32 Å². The highest BCUT2D eigenvalue weighted by molar-refractivity contribution is 6.27. The molecule has 0 aromatic heterocycles. The third-order valence-electron chi connectivity index (χ3n) is 4.55. The second-order valence-electron chi connectivity index (χ2n) is 6.00. The molecular weight excluding hydrogens is 337 g/mol. The van der Waals surface area contributed by atoms with E-state index < -0.39 is 35.5 Å². The highest BCUT2D eigenvalue weighted by Gasteiger charge is 2.42. The number of imide groups is 1. The van der Waals surface area contributed by atoms with E-state index >= 15 is 0 Å². The van der Waals surface area contributed by atoms with Crippen molar-refractivity contribution in [3.05, 3.63) is 41.5 Å². The second kappa shape index (κ2) is 5.05. The van der Waals surface area contributed by atoms with Crippen molar-refractivity contribution in [3.63, 3.8) is 0 Å². The normalized spacial score (nSPS) is 20.4. The highest BCUT2D eigenvalue weighted by Crippen LogP contribution is 2.44. The van der Waals surface area contributed by atoms with Gasteiger partial charge in [-0.15, -0.1) is 0 Å². The number of halogens is 3. The van der Waals surface area contributed by atoms with Gasteiger partial charge >= 0.3 is 6.18 Å². The number of carbonyl (C=O) groups excluding carboxylic acids is 3. The maximum Gasteiger partial charge on any atom is 0.417 e. The fourth-order valence-corrected chi connectivity index (χ4v) is 3.49. The van der Waals surface area contributed by atoms with Gasteiger partial charge in [-0.3, -0.25) is 24.6 Å². The van der Waals surface area contributed by atoms with Crippen LogP contribution in [0.4, 0.5) is 18.9 Å². The van der Waals surface area contributed by atoms with E-state index in [1.807, 2.05) is 0 Å². The van der Waals surface area contributed by atoms with Gasteiger partial charge in [0.1, 0.15) is 6.04 Å². The average Bonchev–Trinajstić information content (AvgIpc) is 2.82. The standard InChI is InChI=1S/C17H11F3N2O3/c18-17(19,20)10-4-5-11-14-8(10)2-1-3-9(14)16(25)22(11)12-6-7-13(23)21-15(12)24/h1-5,12H,6-7H2,(H,21,23,24). The molecule has 25 heavy (non-hydrogen) atoms. The number of carbonyl (C=O) groups is 3. The van der Waals surface area contributed by atoms with Crippen molar-refractivity contribution in [2.24, 2.45) is 0 Å². The number of rotatable bonds is 1. The summed E-state index contributed by atoms with van der Waals surface area (Å²) in [6.45, 7) is 0. The quantitative estimate of drug-likeness (QED) is 0.806. The summed E-state index contributed by atoms with van der Waals surface area (Å²) in [4.78, 5) is 37.4. The summed E-state index contributed by atoms with van der Waals surface area (Å²) in [5, 5.41) is 2.28. The zero-order valence-electron chi connectivity index (χ0n) is 12.7. The summed E-state index contributed by atoms with van der Waals surface area (Å²) in [5.74, 6) is -1.58. The number of benzene rings is 2. The Hall–Kier alpha value is -2.90. The van der Waals surface area contributed by atoms with Gasteiger partial charge in [0.05, 0.1) is 11.3 Å². The average molecular weight is 348 g/mol. The number of anilines is 1. The van der Waals surface area contributed by atoms with E-state index in [0.29, 0.717) is 0 Å². The number of alkyl halides is 3. The first kappa shape index (κ1) is 15.6. The zero-order chi connectivity index (χ0) is 17.9. The van der Waals surface area contributed by atoms with E-state index in [4.69, 9.17) is 0 Å². The predicted octanol–water partition coefficient (Wildman–Crippen LogP) is 2.62. The molecule has 3 amide bonds. The van der Waals surface area contributed by atoms with Crippen LogP contribution < -0.4 is 10.2 Å². The molecule has 0 bridgehead atoms. The van der Waals surface area contributed by atoms with E-state index in [9.17, 15) is 27.6 Å². The fourth-order valence-electron chi connectivity index (χ4n) is 3.49. The van der Waals surface area contributed by atoms with Crippen LogP contribution >= 0.6 is 0 Å². The van der Waals surface area contributed by atoms with Crippen LogP contribution in [0, 0.1) is 0 Å². The monoisotopic (exact) mass is 348 g/mol. The number of nitrogens with one attached hydrogen (secondary N) is 1. The Morgan fingerprint density at radius 2 is 1.84 bits per heavy atom. The highest BCUT2D eigenvalue weighted by atomic mass is 19.4. The summed E-state index contributed by atoms with van der Waals surface area (Å²) in [5.41, 5.74) is -0.438. The Balaban J connectivity index is 1.90. The molecule has 2 aromatic carbocycles. The molecule has 1 atom stereocenters. The van der Waals surface area contributed by atoms with Gasteiger partial charge in [0, 0.05) is 17.4 Å². The van der Waals surface area contributed by atoms with Crippen LogP contribution in [0.2, 0.25) is 0 Å². The van der Waals surface area contributed by atoms with Crippen LogP contribution in [0.25, 0.3) is 10.8 Å². The molecule has 2 aliphatic rings. The molecule has 0 aliphatic carbocycles. The number of nitrogens with zero attached hydrogens (tertiary/aromatic N) is 1. The molecule has 1 N–H and O–H groups in total. The van der Waals surface area contributed by atoms with Gasteiger partial charge in [0.25, 0.3) is 5.91 Å². The molecule has 2 aliphatic heterocycles. The van der Waals surface area contributed by atoms with Gasteiger partial charge in [0.2, 0.25) is 11.8 Å². The zero-order valence-corrected chi connectivity index (χ0v) is 12.7. The minimum absolute atomic E-state index is 0.0698. The molecular formula is C17H11F3N2O3. The molecule has 8 heteroatoms. The van der Waals surface area contributed by atoms with E-state index in [1.54, 1.807) is 0 Å². The Kier molecular flexibility index (Phi) is 3.15. The number of hydrogen-bond acceptors (Lipinski definition) is 3. The van der Waals surface area contributed by atoms with Gasteiger partial charge in [-0.05, 0) is 30.0 Å². The van der Waals surface area contributed by atoms with Crippen molar-refractivity contribution in [1.82, 2.24) is 5.32 Å². The van der Waals surface area contributed by atoms with Crippen LogP contribution in [0.3, 0.4) is 0 Å². The largest absolute Gasteiger partial charge is 0.417 e. The summed E-state index contributed by atoms with van der Waals surface area (Å²) in [6, 6.07) is 5.36. The molecule has 0 saturated carbocycles. The summed E-state index contributed by atoms with van der Waals surface area (Å²) < 4.78 is 39.8. The third-order valence-corrected chi connectivity index (χ3v) is 4.55. The molecule has 0 radical (unpaired) electrons. The molecule has 2 heterocycles. The van der Waals surface area contributed by atoms with Crippen LogP contribution in [0.5, 0.6) is 0 Å². The number of amides is 3. The lowest BCUT2D eigenvalue weighted by Crippen LogP contribution is -2.53. The Labute approximate surface area is 139 Å². The van der Waals surface area contributed by atoms with Gasteiger partial charge < -0.3 is 0 Å². The van der Waals surface area contributed by atoms with Crippen molar-refractivity contribution in [2.45, 2.75) is 25.1 Å². The summed E-state index contributed by atoms with van der Waals surface area (Å²) >= 11 is 0. The van der Waals surface area contributed by atoms with E-state index in [-0.39, 0.29) is 34.9 Å². The van der Waals surface area contributed by atoms with Crippen LogP contribution in [-0.2, 0) is 15.8 Å². The smallest absolute Gasteiger partial charge is 0.295 e. The SMILES string of the molecule is O=C1CCC(N2C(=O)c3cccc4c(C(F)(F)F)ccc2c34)C(=O)N1. The van der Waals surface area contributed by atoms with Crippen LogP contribution in [0.15, 0.2) is 30.3 Å². The minimum Gasteiger partial charge on any atom is -0.295 e. The molecule has 1 saturated heterocycles. The van der Waals surface area contributed by atoms with Crippen molar-refractivity contribution >= 4 is 34.2 Å². The second-order valence-corrected chi connectivity index (χ2v) is 6.00. The Morgan fingerprint density at radius 1 is 1.08 bits per heavy atom.